The smallest absolute Gasteiger partial charge is 0.101 e. The summed E-state index contributed by atoms with van der Waals surface area (Å²) in [6.07, 6.45) is 0. The van der Waals surface area contributed by atoms with E-state index in [1.807, 2.05) is 13.6 Å². The van der Waals surface area contributed by atoms with Crippen LogP contribution in [-0.2, 0) is 9.26 Å². The summed E-state index contributed by atoms with van der Waals surface area (Å²) in [6, 6.07) is 0. The SMILES string of the molecule is CCOCNP(C)OC. The highest BCUT2D eigenvalue weighted by molar-refractivity contribution is 7.49. The lowest BCUT2D eigenvalue weighted by Crippen LogP contribution is -2.11. The molecule has 56 valence electrons. The van der Waals surface area contributed by atoms with Crippen molar-refractivity contribution in [1.29, 1.82) is 0 Å². The fourth-order valence-electron chi connectivity index (χ4n) is 0.303. The molecule has 0 aromatic carbocycles. The van der Waals surface area contributed by atoms with Crippen molar-refractivity contribution in [2.45, 2.75) is 6.92 Å². The molecule has 1 unspecified atom stereocenters. The maximum Gasteiger partial charge on any atom is 0.101 e. The minimum atomic E-state index is -0.465. The minimum absolute atomic E-state index is 0.465. The summed E-state index contributed by atoms with van der Waals surface area (Å²) in [5.41, 5.74) is 0. The predicted octanol–water partition coefficient (Wildman–Crippen LogP) is 1.16. The third-order valence-corrected chi connectivity index (χ3v) is 1.99. The van der Waals surface area contributed by atoms with Crippen LogP contribution in [0.2, 0.25) is 0 Å². The zero-order valence-electron chi connectivity index (χ0n) is 6.18. The zero-order valence-corrected chi connectivity index (χ0v) is 7.07. The highest BCUT2D eigenvalue weighted by Gasteiger charge is 1.94. The van der Waals surface area contributed by atoms with E-state index in [2.05, 4.69) is 5.09 Å². The predicted molar refractivity (Wildman–Crippen MR) is 39.5 cm³/mol. The van der Waals surface area contributed by atoms with Crippen molar-refractivity contribution >= 4 is 8.30 Å². The second kappa shape index (κ2) is 6.43. The van der Waals surface area contributed by atoms with Crippen LogP contribution in [0.25, 0.3) is 0 Å². The van der Waals surface area contributed by atoms with Crippen molar-refractivity contribution in [2.75, 3.05) is 27.1 Å². The topological polar surface area (TPSA) is 30.5 Å². The number of ether oxygens (including phenoxy) is 1. The summed E-state index contributed by atoms with van der Waals surface area (Å²) in [5.74, 6) is 0. The van der Waals surface area contributed by atoms with E-state index in [4.69, 9.17) is 9.26 Å². The van der Waals surface area contributed by atoms with Crippen molar-refractivity contribution in [3.05, 3.63) is 0 Å². The van der Waals surface area contributed by atoms with Gasteiger partial charge in [0.15, 0.2) is 0 Å². The van der Waals surface area contributed by atoms with Gasteiger partial charge < -0.3 is 9.26 Å². The van der Waals surface area contributed by atoms with Crippen LogP contribution < -0.4 is 5.09 Å². The zero-order chi connectivity index (χ0) is 7.11. The third kappa shape index (κ3) is 6.19. The van der Waals surface area contributed by atoms with E-state index >= 15 is 0 Å². The standard InChI is InChI=1S/C5H14NO2P/c1-4-8-5-6-9(3)7-2/h6H,4-5H2,1-3H3. The first-order valence-corrected chi connectivity index (χ1v) is 4.61. The lowest BCUT2D eigenvalue weighted by Gasteiger charge is -2.09. The van der Waals surface area contributed by atoms with Crippen molar-refractivity contribution in [3.63, 3.8) is 0 Å². The molecular weight excluding hydrogens is 137 g/mol. The van der Waals surface area contributed by atoms with Gasteiger partial charge in [0.2, 0.25) is 0 Å². The van der Waals surface area contributed by atoms with E-state index < -0.39 is 8.30 Å². The van der Waals surface area contributed by atoms with Crippen molar-refractivity contribution in [1.82, 2.24) is 5.09 Å². The van der Waals surface area contributed by atoms with Crippen LogP contribution in [0.5, 0.6) is 0 Å². The molecule has 0 amide bonds. The molecule has 0 heterocycles. The third-order valence-electron chi connectivity index (χ3n) is 0.867. The highest BCUT2D eigenvalue weighted by Crippen LogP contribution is 2.23. The molecule has 0 aromatic rings. The maximum absolute atomic E-state index is 5.03. The van der Waals surface area contributed by atoms with Crippen LogP contribution in [0.4, 0.5) is 0 Å². The van der Waals surface area contributed by atoms with Gasteiger partial charge in [-0.05, 0) is 13.6 Å². The number of hydrogen-bond donors (Lipinski definition) is 1. The summed E-state index contributed by atoms with van der Waals surface area (Å²) in [6.45, 7) is 5.30. The molecule has 4 heteroatoms. The van der Waals surface area contributed by atoms with Gasteiger partial charge in [-0.3, -0.25) is 5.09 Å². The monoisotopic (exact) mass is 151 g/mol. The van der Waals surface area contributed by atoms with Crippen LogP contribution in [0.1, 0.15) is 6.92 Å². The second-order valence-electron chi connectivity index (χ2n) is 1.48. The maximum atomic E-state index is 5.03. The molecule has 0 saturated heterocycles. The Morgan fingerprint density at radius 2 is 2.22 bits per heavy atom. The van der Waals surface area contributed by atoms with E-state index in [0.717, 1.165) is 6.61 Å². The molecule has 0 aliphatic rings. The Morgan fingerprint density at radius 1 is 1.56 bits per heavy atom. The molecule has 0 aliphatic heterocycles. The molecule has 0 aliphatic carbocycles. The van der Waals surface area contributed by atoms with Crippen molar-refractivity contribution < 1.29 is 9.26 Å². The van der Waals surface area contributed by atoms with Gasteiger partial charge in [-0.15, -0.1) is 0 Å². The molecule has 3 nitrogen and oxygen atoms in total. The van der Waals surface area contributed by atoms with Crippen LogP contribution in [0.15, 0.2) is 0 Å². The average Bonchev–Trinajstić information content (AvgIpc) is 1.89. The quantitative estimate of drug-likeness (QED) is 0.363. The van der Waals surface area contributed by atoms with E-state index in [0.29, 0.717) is 6.73 Å². The number of hydrogen-bond acceptors (Lipinski definition) is 3. The van der Waals surface area contributed by atoms with Gasteiger partial charge in [-0.1, -0.05) is 0 Å². The molecule has 0 spiro atoms. The van der Waals surface area contributed by atoms with Crippen LogP contribution in [0.3, 0.4) is 0 Å². The lowest BCUT2D eigenvalue weighted by atomic mass is 10.9. The van der Waals surface area contributed by atoms with Crippen LogP contribution in [0, 0.1) is 0 Å². The molecule has 0 fully saturated rings. The van der Waals surface area contributed by atoms with Gasteiger partial charge in [-0.2, -0.15) is 0 Å². The van der Waals surface area contributed by atoms with Crippen LogP contribution >= 0.6 is 8.30 Å². The Labute approximate surface area is 57.6 Å². The van der Waals surface area contributed by atoms with Crippen molar-refractivity contribution in [3.8, 4) is 0 Å². The Hall–Kier alpha value is 0.310. The molecule has 0 saturated carbocycles. The molecular formula is C5H14NO2P. The molecule has 1 atom stereocenters. The first kappa shape index (κ1) is 9.31. The molecule has 0 rings (SSSR count). The average molecular weight is 151 g/mol. The highest BCUT2D eigenvalue weighted by atomic mass is 31.2. The molecule has 0 radical (unpaired) electrons. The van der Waals surface area contributed by atoms with E-state index in [1.165, 1.54) is 0 Å². The fourth-order valence-corrected chi connectivity index (χ4v) is 0.705. The Morgan fingerprint density at radius 3 is 2.67 bits per heavy atom. The Balaban J connectivity index is 2.88. The number of nitrogens with one attached hydrogen (secondary N) is 1. The first-order chi connectivity index (χ1) is 4.31. The van der Waals surface area contributed by atoms with Gasteiger partial charge >= 0.3 is 0 Å². The van der Waals surface area contributed by atoms with Gasteiger partial charge in [-0.25, -0.2) is 0 Å². The van der Waals surface area contributed by atoms with E-state index in [1.54, 1.807) is 7.11 Å². The van der Waals surface area contributed by atoms with E-state index in [9.17, 15) is 0 Å². The van der Waals surface area contributed by atoms with Gasteiger partial charge in [0, 0.05) is 13.7 Å². The van der Waals surface area contributed by atoms with Gasteiger partial charge in [0.25, 0.3) is 0 Å². The summed E-state index contributed by atoms with van der Waals surface area (Å²) in [4.78, 5) is 0. The largest absolute Gasteiger partial charge is 0.366 e. The van der Waals surface area contributed by atoms with Gasteiger partial charge in [0.05, 0.1) is 8.30 Å². The minimum Gasteiger partial charge on any atom is -0.366 e. The second-order valence-corrected chi connectivity index (χ2v) is 3.15. The van der Waals surface area contributed by atoms with Gasteiger partial charge in [0.1, 0.15) is 6.73 Å². The van der Waals surface area contributed by atoms with E-state index in [-0.39, 0.29) is 0 Å². The summed E-state index contributed by atoms with van der Waals surface area (Å²) < 4.78 is 10.0. The summed E-state index contributed by atoms with van der Waals surface area (Å²) >= 11 is 0. The fraction of sp³-hybridized carbons (Fsp3) is 1.00. The Bertz CT molecular complexity index is 62.9. The molecule has 9 heavy (non-hydrogen) atoms. The summed E-state index contributed by atoms with van der Waals surface area (Å²) in [7, 11) is 1.22. The number of rotatable bonds is 5. The molecule has 0 aromatic heterocycles. The normalized spacial score (nSPS) is 13.7. The molecule has 0 bridgehead atoms. The molecule has 1 N–H and O–H groups in total. The van der Waals surface area contributed by atoms with Crippen LogP contribution in [-0.4, -0.2) is 27.1 Å². The summed E-state index contributed by atoms with van der Waals surface area (Å²) in [5, 5.41) is 3.05. The van der Waals surface area contributed by atoms with Crippen molar-refractivity contribution in [2.24, 2.45) is 0 Å². The first-order valence-electron chi connectivity index (χ1n) is 2.90. The Kier molecular flexibility index (Phi) is 6.65. The lowest BCUT2D eigenvalue weighted by molar-refractivity contribution is 0.143.